The minimum atomic E-state index is 0.298. The number of aromatic nitrogens is 1. The van der Waals surface area contributed by atoms with Crippen molar-refractivity contribution in [3.63, 3.8) is 0 Å². The number of hydrogen-bond acceptors (Lipinski definition) is 2. The number of rotatable bonds is 3. The van der Waals surface area contributed by atoms with Crippen LogP contribution in [0.2, 0.25) is 5.02 Å². The van der Waals surface area contributed by atoms with Crippen molar-refractivity contribution in [1.29, 1.82) is 5.26 Å². The molecule has 0 fully saturated rings. The minimum Gasteiger partial charge on any atom is -0.487 e. The summed E-state index contributed by atoms with van der Waals surface area (Å²) in [6, 6.07) is 13.4. The Morgan fingerprint density at radius 2 is 2.14 bits per heavy atom. The van der Waals surface area contributed by atoms with Crippen LogP contribution in [0, 0.1) is 11.3 Å². The monoisotopic (exact) mass is 360 g/mol. The van der Waals surface area contributed by atoms with E-state index in [9.17, 15) is 5.26 Å². The fraction of sp³-hybridized carbons (Fsp3) is 0.0625. The molecule has 0 amide bonds. The highest BCUT2D eigenvalue weighted by Gasteiger charge is 2.11. The van der Waals surface area contributed by atoms with Gasteiger partial charge in [0, 0.05) is 22.4 Å². The van der Waals surface area contributed by atoms with Crippen molar-refractivity contribution >= 4 is 33.0 Å². The topological polar surface area (TPSA) is 37.4 Å². The van der Waals surface area contributed by atoms with E-state index in [1.165, 1.54) is 0 Å². The Kier molecular flexibility index (Phi) is 3.87. The molecule has 3 nitrogen and oxygen atoms in total. The summed E-state index contributed by atoms with van der Waals surface area (Å²) in [4.78, 5) is 0. The molecule has 0 N–H and O–H groups in total. The molecule has 0 aliphatic heterocycles. The molecule has 0 saturated carbocycles. The summed E-state index contributed by atoms with van der Waals surface area (Å²) in [6.07, 6.45) is 3.81. The Balaban J connectivity index is 1.90. The van der Waals surface area contributed by atoms with Gasteiger partial charge in [-0.3, -0.25) is 0 Å². The highest BCUT2D eigenvalue weighted by atomic mass is 79.9. The summed E-state index contributed by atoms with van der Waals surface area (Å²) in [6.45, 7) is 0.298. The Labute approximate surface area is 135 Å². The molecule has 3 aromatic rings. The molecule has 3 rings (SSSR count). The molecular formula is C16H10BrClN2O. The maximum atomic E-state index is 9.34. The number of halogens is 2. The summed E-state index contributed by atoms with van der Waals surface area (Å²) >= 11 is 9.47. The molecule has 0 saturated heterocycles. The molecule has 0 spiro atoms. The number of fused-ring (bicyclic) bond motifs is 1. The smallest absolute Gasteiger partial charge is 0.138 e. The zero-order chi connectivity index (χ0) is 14.8. The maximum absolute atomic E-state index is 9.34. The number of pyridine rings is 1. The molecule has 1 aromatic carbocycles. The van der Waals surface area contributed by atoms with Crippen molar-refractivity contribution in [3.8, 4) is 11.8 Å². The van der Waals surface area contributed by atoms with Crippen LogP contribution in [0.1, 0.15) is 11.1 Å². The first-order chi connectivity index (χ1) is 10.2. The Bertz CT molecular complexity index is 851. The van der Waals surface area contributed by atoms with Crippen LogP contribution in [0.5, 0.6) is 5.75 Å². The van der Waals surface area contributed by atoms with E-state index in [1.54, 1.807) is 12.1 Å². The molecule has 0 aliphatic carbocycles. The van der Waals surface area contributed by atoms with Gasteiger partial charge in [0.2, 0.25) is 0 Å². The van der Waals surface area contributed by atoms with Crippen LogP contribution >= 0.6 is 27.5 Å². The maximum Gasteiger partial charge on any atom is 0.138 e. The highest BCUT2D eigenvalue weighted by Crippen LogP contribution is 2.29. The lowest BCUT2D eigenvalue weighted by Crippen LogP contribution is -1.96. The number of ether oxygens (including phenoxy) is 1. The van der Waals surface area contributed by atoms with Crippen LogP contribution in [-0.4, -0.2) is 4.40 Å². The van der Waals surface area contributed by atoms with Gasteiger partial charge in [-0.15, -0.1) is 0 Å². The number of benzene rings is 1. The fourth-order valence-electron chi connectivity index (χ4n) is 2.16. The third-order valence-electron chi connectivity index (χ3n) is 3.15. The standard InChI is InChI=1S/C16H10BrClN2O/c17-12-4-5-16(14(18)7-12)21-10-11-9-20-6-2-1-3-15(20)13(11)8-19/h1-7,9H,10H2. The number of hydrogen-bond donors (Lipinski definition) is 0. The lowest BCUT2D eigenvalue weighted by atomic mass is 10.2. The van der Waals surface area contributed by atoms with Gasteiger partial charge in [0.15, 0.2) is 0 Å². The molecule has 21 heavy (non-hydrogen) atoms. The minimum absolute atomic E-state index is 0.298. The van der Waals surface area contributed by atoms with E-state index in [0.717, 1.165) is 15.6 Å². The lowest BCUT2D eigenvalue weighted by Gasteiger charge is -2.07. The van der Waals surface area contributed by atoms with Gasteiger partial charge in [-0.2, -0.15) is 5.26 Å². The molecule has 0 aliphatic rings. The average molecular weight is 362 g/mol. The van der Waals surface area contributed by atoms with Crippen LogP contribution in [-0.2, 0) is 6.61 Å². The second-order valence-electron chi connectivity index (χ2n) is 4.50. The number of nitriles is 1. The largest absolute Gasteiger partial charge is 0.487 e. The second-order valence-corrected chi connectivity index (χ2v) is 5.82. The Morgan fingerprint density at radius 1 is 1.29 bits per heavy atom. The van der Waals surface area contributed by atoms with E-state index in [1.807, 2.05) is 41.1 Å². The molecule has 0 unspecified atom stereocenters. The molecule has 0 atom stereocenters. The molecule has 104 valence electrons. The first kappa shape index (κ1) is 14.0. The van der Waals surface area contributed by atoms with Gasteiger partial charge in [-0.05, 0) is 30.3 Å². The van der Waals surface area contributed by atoms with E-state index in [0.29, 0.717) is 22.9 Å². The van der Waals surface area contributed by atoms with Crippen LogP contribution in [0.4, 0.5) is 0 Å². The molecule has 5 heteroatoms. The first-order valence-corrected chi connectivity index (χ1v) is 7.42. The molecule has 0 radical (unpaired) electrons. The Hall–Kier alpha value is -1.96. The predicted molar refractivity (Wildman–Crippen MR) is 85.6 cm³/mol. The molecular weight excluding hydrogens is 352 g/mol. The van der Waals surface area contributed by atoms with Gasteiger partial charge < -0.3 is 9.14 Å². The Morgan fingerprint density at radius 3 is 2.90 bits per heavy atom. The molecule has 0 bridgehead atoms. The highest BCUT2D eigenvalue weighted by molar-refractivity contribution is 9.10. The quantitative estimate of drug-likeness (QED) is 0.671. The summed E-state index contributed by atoms with van der Waals surface area (Å²) < 4.78 is 8.55. The predicted octanol–water partition coefficient (Wildman–Crippen LogP) is 4.81. The third kappa shape index (κ3) is 2.76. The van der Waals surface area contributed by atoms with Gasteiger partial charge in [-0.25, -0.2) is 0 Å². The van der Waals surface area contributed by atoms with Crippen molar-refractivity contribution < 1.29 is 4.74 Å². The van der Waals surface area contributed by atoms with E-state index >= 15 is 0 Å². The zero-order valence-electron chi connectivity index (χ0n) is 10.9. The van der Waals surface area contributed by atoms with Crippen LogP contribution < -0.4 is 4.74 Å². The van der Waals surface area contributed by atoms with Gasteiger partial charge in [0.25, 0.3) is 0 Å². The van der Waals surface area contributed by atoms with Crippen molar-refractivity contribution in [1.82, 2.24) is 4.40 Å². The third-order valence-corrected chi connectivity index (χ3v) is 3.94. The summed E-state index contributed by atoms with van der Waals surface area (Å²) in [7, 11) is 0. The summed E-state index contributed by atoms with van der Waals surface area (Å²) in [5, 5.41) is 9.88. The van der Waals surface area contributed by atoms with E-state index < -0.39 is 0 Å². The molecule has 2 heterocycles. The van der Waals surface area contributed by atoms with E-state index in [2.05, 4.69) is 22.0 Å². The normalized spacial score (nSPS) is 10.5. The van der Waals surface area contributed by atoms with Crippen molar-refractivity contribution in [2.45, 2.75) is 6.61 Å². The first-order valence-electron chi connectivity index (χ1n) is 6.25. The molecule has 2 aromatic heterocycles. The summed E-state index contributed by atoms with van der Waals surface area (Å²) in [5.74, 6) is 0.596. The fourth-order valence-corrected chi connectivity index (χ4v) is 2.89. The average Bonchev–Trinajstić information content (AvgIpc) is 2.83. The van der Waals surface area contributed by atoms with Gasteiger partial charge >= 0.3 is 0 Å². The SMILES string of the molecule is N#Cc1c(COc2ccc(Br)cc2Cl)cn2ccccc12. The van der Waals surface area contributed by atoms with Crippen molar-refractivity contribution in [3.05, 3.63) is 69.4 Å². The van der Waals surface area contributed by atoms with Crippen LogP contribution in [0.3, 0.4) is 0 Å². The van der Waals surface area contributed by atoms with Crippen molar-refractivity contribution in [2.24, 2.45) is 0 Å². The van der Waals surface area contributed by atoms with E-state index in [4.69, 9.17) is 16.3 Å². The number of nitrogens with zero attached hydrogens (tertiary/aromatic N) is 2. The van der Waals surface area contributed by atoms with Crippen LogP contribution in [0.25, 0.3) is 5.52 Å². The van der Waals surface area contributed by atoms with Crippen LogP contribution in [0.15, 0.2) is 53.3 Å². The van der Waals surface area contributed by atoms with E-state index in [-0.39, 0.29) is 0 Å². The van der Waals surface area contributed by atoms with Crippen molar-refractivity contribution in [2.75, 3.05) is 0 Å². The van der Waals surface area contributed by atoms with Gasteiger partial charge in [0.1, 0.15) is 18.4 Å². The lowest BCUT2D eigenvalue weighted by molar-refractivity contribution is 0.306. The zero-order valence-corrected chi connectivity index (χ0v) is 13.2. The summed E-state index contributed by atoms with van der Waals surface area (Å²) in [5.41, 5.74) is 2.34. The van der Waals surface area contributed by atoms with Gasteiger partial charge in [-0.1, -0.05) is 33.6 Å². The van der Waals surface area contributed by atoms with Gasteiger partial charge in [0.05, 0.1) is 16.1 Å². The second kappa shape index (κ2) is 5.80.